The Morgan fingerprint density at radius 2 is 1.33 bits per heavy atom. The van der Waals surface area contributed by atoms with E-state index in [0.717, 1.165) is 0 Å². The summed E-state index contributed by atoms with van der Waals surface area (Å²) in [6, 6.07) is 22.2. The van der Waals surface area contributed by atoms with Crippen LogP contribution in [0, 0.1) is 0 Å². The molecule has 0 heterocycles. The van der Waals surface area contributed by atoms with E-state index in [1.54, 1.807) is 78.9 Å². The van der Waals surface area contributed by atoms with Gasteiger partial charge in [0, 0.05) is 27.9 Å². The van der Waals surface area contributed by atoms with Crippen LogP contribution in [0.2, 0.25) is 5.02 Å². The summed E-state index contributed by atoms with van der Waals surface area (Å²) in [4.78, 5) is 36.2. The van der Waals surface area contributed by atoms with Crippen molar-refractivity contribution in [3.05, 3.63) is 107 Å². The first-order valence-electron chi connectivity index (χ1n) is 9.02. The highest BCUT2D eigenvalue weighted by molar-refractivity contribution is 6.32. The predicted molar refractivity (Wildman–Crippen MR) is 117 cm³/mol. The molecule has 0 saturated heterocycles. The van der Waals surface area contributed by atoms with Gasteiger partial charge in [0.25, 0.3) is 17.7 Å². The summed E-state index contributed by atoms with van der Waals surface area (Å²) in [6.07, 6.45) is 2.82. The molecule has 3 rings (SSSR count). The zero-order valence-corrected chi connectivity index (χ0v) is 16.5. The van der Waals surface area contributed by atoms with Gasteiger partial charge in [0.15, 0.2) is 0 Å². The third kappa shape index (κ3) is 5.80. The third-order valence-corrected chi connectivity index (χ3v) is 4.40. The Bertz CT molecular complexity index is 1080. The number of carbonyl (C=O) groups excluding carboxylic acids is 3. The van der Waals surface area contributed by atoms with E-state index in [2.05, 4.69) is 16.2 Å². The van der Waals surface area contributed by atoms with Crippen LogP contribution >= 0.6 is 11.6 Å². The highest BCUT2D eigenvalue weighted by Gasteiger charge is 2.08. The average molecular weight is 420 g/mol. The topological polar surface area (TPSA) is 87.3 Å². The molecule has 30 heavy (non-hydrogen) atoms. The van der Waals surface area contributed by atoms with E-state index >= 15 is 0 Å². The van der Waals surface area contributed by atoms with Crippen LogP contribution in [0.25, 0.3) is 6.08 Å². The fraction of sp³-hybridized carbons (Fsp3) is 0. The van der Waals surface area contributed by atoms with Gasteiger partial charge in [0.1, 0.15) is 0 Å². The summed E-state index contributed by atoms with van der Waals surface area (Å²) in [5.41, 5.74) is 6.72. The minimum atomic E-state index is -0.505. The number of halogens is 1. The van der Waals surface area contributed by atoms with E-state index in [4.69, 9.17) is 11.6 Å². The molecule has 7 heteroatoms. The van der Waals surface area contributed by atoms with Gasteiger partial charge in [-0.3, -0.25) is 25.2 Å². The second kappa shape index (κ2) is 10.0. The van der Waals surface area contributed by atoms with Crippen LogP contribution in [0.5, 0.6) is 0 Å². The Kier molecular flexibility index (Phi) is 6.97. The van der Waals surface area contributed by atoms with E-state index < -0.39 is 11.8 Å². The smallest absolute Gasteiger partial charge is 0.269 e. The van der Waals surface area contributed by atoms with Gasteiger partial charge < -0.3 is 5.32 Å². The van der Waals surface area contributed by atoms with Crippen LogP contribution in [0.15, 0.2) is 84.9 Å². The first-order valence-corrected chi connectivity index (χ1v) is 9.40. The molecule has 0 aliphatic heterocycles. The second-order valence-corrected chi connectivity index (χ2v) is 6.60. The number of carbonyl (C=O) groups is 3. The highest BCUT2D eigenvalue weighted by atomic mass is 35.5. The maximum absolute atomic E-state index is 12.2. The summed E-state index contributed by atoms with van der Waals surface area (Å²) in [6.45, 7) is 0. The lowest BCUT2D eigenvalue weighted by Gasteiger charge is -2.08. The minimum absolute atomic E-state index is 0.245. The van der Waals surface area contributed by atoms with E-state index in [-0.39, 0.29) is 5.91 Å². The van der Waals surface area contributed by atoms with Gasteiger partial charge in [-0.15, -0.1) is 0 Å². The molecule has 3 N–H and O–H groups in total. The van der Waals surface area contributed by atoms with Crippen molar-refractivity contribution in [2.75, 3.05) is 5.32 Å². The normalized spacial score (nSPS) is 10.4. The van der Waals surface area contributed by atoms with Crippen LogP contribution in [-0.4, -0.2) is 17.7 Å². The number of anilines is 1. The first-order chi connectivity index (χ1) is 14.5. The monoisotopic (exact) mass is 419 g/mol. The molecular weight excluding hydrogens is 402 g/mol. The number of hydrogen-bond donors (Lipinski definition) is 3. The van der Waals surface area contributed by atoms with Crippen molar-refractivity contribution < 1.29 is 14.4 Å². The van der Waals surface area contributed by atoms with Gasteiger partial charge in [0.05, 0.1) is 0 Å². The lowest BCUT2D eigenvalue weighted by Crippen LogP contribution is -2.40. The summed E-state index contributed by atoms with van der Waals surface area (Å²) in [5, 5.41) is 3.27. The van der Waals surface area contributed by atoms with Crippen molar-refractivity contribution in [1.29, 1.82) is 0 Å². The van der Waals surface area contributed by atoms with Crippen LogP contribution in [-0.2, 0) is 4.79 Å². The van der Waals surface area contributed by atoms with Crippen molar-refractivity contribution in [3.63, 3.8) is 0 Å². The maximum Gasteiger partial charge on any atom is 0.269 e. The molecule has 0 radical (unpaired) electrons. The molecule has 0 fully saturated rings. The van der Waals surface area contributed by atoms with Gasteiger partial charge in [-0.2, -0.15) is 0 Å². The van der Waals surface area contributed by atoms with Crippen LogP contribution < -0.4 is 16.2 Å². The quantitative estimate of drug-likeness (QED) is 0.430. The molecule has 0 aliphatic carbocycles. The van der Waals surface area contributed by atoms with Crippen molar-refractivity contribution in [2.24, 2.45) is 0 Å². The van der Waals surface area contributed by atoms with Gasteiger partial charge in [-0.1, -0.05) is 48.0 Å². The molecule has 150 valence electrons. The second-order valence-electron chi connectivity index (χ2n) is 6.20. The van der Waals surface area contributed by atoms with E-state index in [0.29, 0.717) is 27.4 Å². The zero-order valence-electron chi connectivity index (χ0n) is 15.8. The molecule has 3 aromatic rings. The molecule has 3 amide bonds. The Morgan fingerprint density at radius 1 is 0.700 bits per heavy atom. The minimum Gasteiger partial charge on any atom is -0.322 e. The van der Waals surface area contributed by atoms with Crippen molar-refractivity contribution in [3.8, 4) is 0 Å². The fourth-order valence-electron chi connectivity index (χ4n) is 2.51. The predicted octanol–water partition coefficient (Wildman–Crippen LogP) is 4.07. The van der Waals surface area contributed by atoms with Gasteiger partial charge in [-0.05, 0) is 54.1 Å². The lowest BCUT2D eigenvalue weighted by molar-refractivity contribution is -0.117. The molecular formula is C23H18ClN3O3. The molecule has 0 saturated carbocycles. The Balaban J connectivity index is 1.51. The lowest BCUT2D eigenvalue weighted by atomic mass is 10.1. The molecule has 0 spiro atoms. The average Bonchev–Trinajstić information content (AvgIpc) is 2.78. The number of nitrogens with one attached hydrogen (secondary N) is 3. The third-order valence-electron chi connectivity index (χ3n) is 4.06. The molecule has 0 bridgehead atoms. The number of benzene rings is 3. The summed E-state index contributed by atoms with van der Waals surface area (Å²) < 4.78 is 0. The zero-order chi connectivity index (χ0) is 21.3. The van der Waals surface area contributed by atoms with Gasteiger partial charge >= 0.3 is 0 Å². The fourth-order valence-corrected chi connectivity index (χ4v) is 2.70. The van der Waals surface area contributed by atoms with Crippen molar-refractivity contribution >= 4 is 41.1 Å². The number of hydrazine groups is 1. The summed E-state index contributed by atoms with van der Waals surface area (Å²) in [7, 11) is 0. The van der Waals surface area contributed by atoms with Crippen LogP contribution in [0.1, 0.15) is 26.3 Å². The molecule has 0 atom stereocenters. The molecule has 3 aromatic carbocycles. The molecule has 0 unspecified atom stereocenters. The van der Waals surface area contributed by atoms with Gasteiger partial charge in [0.2, 0.25) is 0 Å². The Labute approximate surface area is 178 Å². The number of amides is 3. The summed E-state index contributed by atoms with van der Waals surface area (Å²) >= 11 is 6.02. The first kappa shape index (κ1) is 20.8. The Hall–Kier alpha value is -3.90. The van der Waals surface area contributed by atoms with Crippen molar-refractivity contribution in [2.45, 2.75) is 0 Å². The number of rotatable bonds is 5. The maximum atomic E-state index is 12.2. The van der Waals surface area contributed by atoms with Gasteiger partial charge in [-0.25, -0.2) is 0 Å². The van der Waals surface area contributed by atoms with E-state index in [1.165, 1.54) is 6.08 Å². The van der Waals surface area contributed by atoms with E-state index in [9.17, 15) is 14.4 Å². The van der Waals surface area contributed by atoms with E-state index in [1.807, 2.05) is 6.07 Å². The Morgan fingerprint density at radius 3 is 2.03 bits per heavy atom. The van der Waals surface area contributed by atoms with Crippen LogP contribution in [0.3, 0.4) is 0 Å². The molecule has 0 aliphatic rings. The molecule has 6 nitrogen and oxygen atoms in total. The number of hydrogen-bond acceptors (Lipinski definition) is 3. The van der Waals surface area contributed by atoms with Crippen LogP contribution in [0.4, 0.5) is 5.69 Å². The summed E-state index contributed by atoms with van der Waals surface area (Å²) in [5.74, 6) is -1.24. The standard InChI is InChI=1S/C23H18ClN3O3/c24-20-9-5-4-6-16(20)12-15-21(28)26-27-23(30)18-10-13-19(14-11-18)25-22(29)17-7-2-1-3-8-17/h1-15H,(H,25,29)(H,26,28)(H,27,30)/b15-12+. The van der Waals surface area contributed by atoms with Crippen molar-refractivity contribution in [1.82, 2.24) is 10.9 Å². The largest absolute Gasteiger partial charge is 0.322 e. The highest BCUT2D eigenvalue weighted by Crippen LogP contribution is 2.16. The SMILES string of the molecule is O=C(/C=C/c1ccccc1Cl)NNC(=O)c1ccc(NC(=O)c2ccccc2)cc1. The molecule has 0 aromatic heterocycles.